The lowest BCUT2D eigenvalue weighted by molar-refractivity contribution is 0.505. The number of rotatable bonds is 3. The zero-order valence-corrected chi connectivity index (χ0v) is 12.2. The molecule has 0 atom stereocenters. The van der Waals surface area contributed by atoms with Gasteiger partial charge >= 0.3 is 0 Å². The van der Waals surface area contributed by atoms with Crippen molar-refractivity contribution in [3.63, 3.8) is 0 Å². The van der Waals surface area contributed by atoms with Gasteiger partial charge in [0.25, 0.3) is 0 Å². The van der Waals surface area contributed by atoms with Gasteiger partial charge in [-0.1, -0.05) is 66.7 Å². The van der Waals surface area contributed by atoms with E-state index in [-0.39, 0.29) is 0 Å². The van der Waals surface area contributed by atoms with E-state index >= 15 is 0 Å². The van der Waals surface area contributed by atoms with Gasteiger partial charge in [-0.3, -0.25) is 0 Å². The Hall–Kier alpha value is -2.99. The second-order valence-electron chi connectivity index (χ2n) is 5.22. The van der Waals surface area contributed by atoms with Crippen LogP contribution in [0.5, 0.6) is 0 Å². The first-order valence-electron chi connectivity index (χ1n) is 7.16. The molecule has 23 heavy (non-hydrogen) atoms. The fourth-order valence-electron chi connectivity index (χ4n) is 2.80. The summed E-state index contributed by atoms with van der Waals surface area (Å²) in [7, 11) is 0. The molecule has 3 aromatic rings. The number of hydrogen-bond donors (Lipinski definition) is 0. The van der Waals surface area contributed by atoms with Crippen LogP contribution in [0.2, 0.25) is 0 Å². The van der Waals surface area contributed by atoms with Crippen LogP contribution in [0, 0.1) is 23.0 Å². The Balaban J connectivity index is 2.34. The summed E-state index contributed by atoms with van der Waals surface area (Å²) in [4.78, 5) is 0. The summed E-state index contributed by atoms with van der Waals surface area (Å²) < 4.78 is 27.1. The minimum Gasteiger partial charge on any atom is -0.204 e. The van der Waals surface area contributed by atoms with Crippen molar-refractivity contribution in [2.24, 2.45) is 0 Å². The predicted molar refractivity (Wildman–Crippen MR) is 84.7 cm³/mol. The highest BCUT2D eigenvalue weighted by Crippen LogP contribution is 2.39. The molecular formula is C20H13F2N. The summed E-state index contributed by atoms with van der Waals surface area (Å²) >= 11 is 0. The van der Waals surface area contributed by atoms with E-state index in [2.05, 4.69) is 6.07 Å². The summed E-state index contributed by atoms with van der Waals surface area (Å²) in [5, 5.41) is 10.0. The van der Waals surface area contributed by atoms with Crippen LogP contribution in [-0.2, 0) is 5.41 Å². The molecule has 0 spiro atoms. The molecule has 0 aliphatic rings. The molecule has 0 radical (unpaired) electrons. The van der Waals surface area contributed by atoms with Gasteiger partial charge in [-0.25, -0.2) is 8.78 Å². The normalized spacial score (nSPS) is 11.0. The summed E-state index contributed by atoms with van der Waals surface area (Å²) in [5.74, 6) is -1.89. The Bertz CT molecular complexity index is 812. The van der Waals surface area contributed by atoms with E-state index in [0.717, 1.165) is 12.1 Å². The van der Waals surface area contributed by atoms with Crippen LogP contribution in [0.3, 0.4) is 0 Å². The zero-order valence-electron chi connectivity index (χ0n) is 12.2. The molecular weight excluding hydrogens is 292 g/mol. The van der Waals surface area contributed by atoms with Crippen molar-refractivity contribution in [2.45, 2.75) is 5.41 Å². The third-order valence-corrected chi connectivity index (χ3v) is 3.93. The van der Waals surface area contributed by atoms with Gasteiger partial charge in [0.15, 0.2) is 11.6 Å². The topological polar surface area (TPSA) is 23.8 Å². The van der Waals surface area contributed by atoms with Crippen molar-refractivity contribution >= 4 is 0 Å². The number of halogens is 2. The molecule has 0 unspecified atom stereocenters. The van der Waals surface area contributed by atoms with Crippen LogP contribution in [0.25, 0.3) is 0 Å². The zero-order chi connectivity index (χ0) is 16.3. The highest BCUT2D eigenvalue weighted by molar-refractivity contribution is 5.56. The number of nitriles is 1. The summed E-state index contributed by atoms with van der Waals surface area (Å²) in [5.41, 5.74) is 0.618. The standard InChI is InChI=1S/C20H13F2N/c21-18-12-11-17(13-19(18)22)20(14-23,15-7-3-1-4-8-15)16-9-5-2-6-10-16/h1-13H. The molecule has 0 amide bonds. The summed E-state index contributed by atoms with van der Waals surface area (Å²) in [6.07, 6.45) is 0. The van der Waals surface area contributed by atoms with Crippen LogP contribution in [0.1, 0.15) is 16.7 Å². The van der Waals surface area contributed by atoms with Crippen LogP contribution in [0.4, 0.5) is 8.78 Å². The largest absolute Gasteiger partial charge is 0.204 e. The third kappa shape index (κ3) is 2.49. The average molecular weight is 305 g/mol. The Labute approximate surface area is 133 Å². The molecule has 1 nitrogen and oxygen atoms in total. The van der Waals surface area contributed by atoms with Crippen LogP contribution < -0.4 is 0 Å². The predicted octanol–water partition coefficient (Wildman–Crippen LogP) is 4.82. The van der Waals surface area contributed by atoms with Gasteiger partial charge in [-0.2, -0.15) is 5.26 Å². The Kier molecular flexibility index (Phi) is 3.91. The van der Waals surface area contributed by atoms with Crippen molar-refractivity contribution in [3.05, 3.63) is 107 Å². The molecule has 3 aromatic carbocycles. The van der Waals surface area contributed by atoms with Crippen LogP contribution in [-0.4, -0.2) is 0 Å². The fourth-order valence-corrected chi connectivity index (χ4v) is 2.80. The Morgan fingerprint density at radius 3 is 1.61 bits per heavy atom. The first-order chi connectivity index (χ1) is 11.2. The van der Waals surface area contributed by atoms with Gasteiger partial charge < -0.3 is 0 Å². The summed E-state index contributed by atoms with van der Waals surface area (Å²) in [6, 6.07) is 24.2. The van der Waals surface area contributed by atoms with Gasteiger partial charge in [-0.15, -0.1) is 0 Å². The van der Waals surface area contributed by atoms with Gasteiger partial charge in [0, 0.05) is 0 Å². The molecule has 0 heterocycles. The molecule has 0 saturated carbocycles. The molecule has 3 rings (SSSR count). The monoisotopic (exact) mass is 305 g/mol. The molecule has 0 aromatic heterocycles. The minimum atomic E-state index is -1.20. The second-order valence-corrected chi connectivity index (χ2v) is 5.22. The maximum atomic E-state index is 13.8. The number of nitrogens with zero attached hydrogens (tertiary/aromatic N) is 1. The highest BCUT2D eigenvalue weighted by Gasteiger charge is 2.37. The van der Waals surface area contributed by atoms with Crippen molar-refractivity contribution < 1.29 is 8.78 Å². The molecule has 3 heteroatoms. The molecule has 0 N–H and O–H groups in total. The van der Waals surface area contributed by atoms with E-state index < -0.39 is 17.0 Å². The van der Waals surface area contributed by atoms with E-state index in [0.29, 0.717) is 16.7 Å². The first-order valence-corrected chi connectivity index (χ1v) is 7.16. The number of hydrogen-bond acceptors (Lipinski definition) is 1. The van der Waals surface area contributed by atoms with Gasteiger partial charge in [0.1, 0.15) is 5.41 Å². The van der Waals surface area contributed by atoms with Crippen molar-refractivity contribution in [2.75, 3.05) is 0 Å². The van der Waals surface area contributed by atoms with Crippen molar-refractivity contribution in [3.8, 4) is 6.07 Å². The lowest BCUT2D eigenvalue weighted by atomic mass is 9.70. The average Bonchev–Trinajstić information content (AvgIpc) is 2.61. The van der Waals surface area contributed by atoms with E-state index in [1.165, 1.54) is 6.07 Å². The van der Waals surface area contributed by atoms with Gasteiger partial charge in [0.05, 0.1) is 6.07 Å². The lowest BCUT2D eigenvalue weighted by Gasteiger charge is -2.28. The van der Waals surface area contributed by atoms with E-state index in [1.54, 1.807) is 0 Å². The molecule has 0 aliphatic heterocycles. The SMILES string of the molecule is N#CC(c1ccccc1)(c1ccccc1)c1ccc(F)c(F)c1. The quantitative estimate of drug-likeness (QED) is 0.636. The van der Waals surface area contributed by atoms with Crippen LogP contribution >= 0.6 is 0 Å². The van der Waals surface area contributed by atoms with Crippen molar-refractivity contribution in [1.82, 2.24) is 0 Å². The maximum absolute atomic E-state index is 13.8. The Morgan fingerprint density at radius 2 is 1.17 bits per heavy atom. The van der Waals surface area contributed by atoms with Crippen LogP contribution in [0.15, 0.2) is 78.9 Å². The molecule has 0 fully saturated rings. The Morgan fingerprint density at radius 1 is 0.652 bits per heavy atom. The van der Waals surface area contributed by atoms with Gasteiger partial charge in [0.2, 0.25) is 0 Å². The van der Waals surface area contributed by atoms with Crippen molar-refractivity contribution in [1.29, 1.82) is 5.26 Å². The molecule has 112 valence electrons. The summed E-state index contributed by atoms with van der Waals surface area (Å²) in [6.45, 7) is 0. The molecule has 0 saturated heterocycles. The molecule has 0 bridgehead atoms. The first kappa shape index (κ1) is 14.9. The van der Waals surface area contributed by atoms with Gasteiger partial charge in [-0.05, 0) is 28.8 Å². The van der Waals surface area contributed by atoms with E-state index in [9.17, 15) is 14.0 Å². The smallest absolute Gasteiger partial charge is 0.159 e. The third-order valence-electron chi connectivity index (χ3n) is 3.93. The maximum Gasteiger partial charge on any atom is 0.159 e. The fraction of sp³-hybridized carbons (Fsp3) is 0.0500. The number of benzene rings is 3. The second kappa shape index (κ2) is 6.02. The highest BCUT2D eigenvalue weighted by atomic mass is 19.2. The molecule has 0 aliphatic carbocycles. The van der Waals surface area contributed by atoms with E-state index in [4.69, 9.17) is 0 Å². The minimum absolute atomic E-state index is 0.399. The lowest BCUT2D eigenvalue weighted by Crippen LogP contribution is -2.27. The van der Waals surface area contributed by atoms with E-state index in [1.807, 2.05) is 60.7 Å².